The normalized spacial score (nSPS) is 15.8. The summed E-state index contributed by atoms with van der Waals surface area (Å²) < 4.78 is 5.39. The number of benzene rings is 1. The van der Waals surface area contributed by atoms with Crippen molar-refractivity contribution in [2.75, 3.05) is 31.6 Å². The summed E-state index contributed by atoms with van der Waals surface area (Å²) in [6, 6.07) is 8.07. The molecule has 0 unspecified atom stereocenters. The molecule has 1 aliphatic heterocycles. The Hall–Kier alpha value is -1.81. The van der Waals surface area contributed by atoms with Gasteiger partial charge >= 0.3 is 0 Å². The highest BCUT2D eigenvalue weighted by Gasteiger charge is 2.27. The molecule has 1 aliphatic rings. The predicted octanol–water partition coefficient (Wildman–Crippen LogP) is 1.64. The van der Waals surface area contributed by atoms with E-state index in [1.807, 2.05) is 24.4 Å². The lowest BCUT2D eigenvalue weighted by Crippen LogP contribution is -2.50. The average molecular weight is 243 g/mol. The van der Waals surface area contributed by atoms with Gasteiger partial charge in [-0.25, -0.2) is 4.98 Å². The number of anilines is 1. The Labute approximate surface area is 106 Å². The Bertz CT molecular complexity index is 564. The number of nitrogens with two attached hydrogens (primary N) is 1. The highest BCUT2D eigenvalue weighted by Crippen LogP contribution is 2.33. The fourth-order valence-corrected chi connectivity index (χ4v) is 2.48. The molecule has 4 heteroatoms. The number of nitrogens with zero attached hydrogens (tertiary/aromatic N) is 2. The van der Waals surface area contributed by atoms with Crippen LogP contribution in [0.5, 0.6) is 5.75 Å². The third-order valence-corrected chi connectivity index (χ3v) is 3.55. The Morgan fingerprint density at radius 2 is 2.17 bits per heavy atom. The molecule has 2 heterocycles. The minimum Gasteiger partial charge on any atom is -0.496 e. The highest BCUT2D eigenvalue weighted by atomic mass is 16.5. The van der Waals surface area contributed by atoms with Gasteiger partial charge in [-0.2, -0.15) is 0 Å². The molecule has 0 radical (unpaired) electrons. The summed E-state index contributed by atoms with van der Waals surface area (Å²) in [5.74, 6) is 2.54. The van der Waals surface area contributed by atoms with Crippen LogP contribution in [-0.4, -0.2) is 31.7 Å². The third-order valence-electron chi connectivity index (χ3n) is 3.55. The maximum absolute atomic E-state index is 5.67. The lowest BCUT2D eigenvalue weighted by molar-refractivity contribution is 0.416. The van der Waals surface area contributed by atoms with Crippen molar-refractivity contribution in [1.29, 1.82) is 0 Å². The molecule has 1 fully saturated rings. The Morgan fingerprint density at radius 1 is 1.33 bits per heavy atom. The summed E-state index contributed by atoms with van der Waals surface area (Å²) >= 11 is 0. The first-order valence-electron chi connectivity index (χ1n) is 6.20. The van der Waals surface area contributed by atoms with Gasteiger partial charge in [0.15, 0.2) is 0 Å². The number of hydrogen-bond donors (Lipinski definition) is 1. The topological polar surface area (TPSA) is 51.4 Å². The maximum atomic E-state index is 5.67. The molecular weight excluding hydrogens is 226 g/mol. The van der Waals surface area contributed by atoms with E-state index in [0.29, 0.717) is 5.92 Å². The number of hydrogen-bond acceptors (Lipinski definition) is 4. The van der Waals surface area contributed by atoms with Crippen LogP contribution >= 0.6 is 0 Å². The number of aromatic nitrogens is 1. The van der Waals surface area contributed by atoms with Gasteiger partial charge in [0.05, 0.1) is 7.11 Å². The second-order valence-corrected chi connectivity index (χ2v) is 4.70. The van der Waals surface area contributed by atoms with Gasteiger partial charge in [0.2, 0.25) is 0 Å². The fourth-order valence-electron chi connectivity index (χ4n) is 2.48. The Morgan fingerprint density at radius 3 is 2.89 bits per heavy atom. The van der Waals surface area contributed by atoms with Gasteiger partial charge in [0.25, 0.3) is 0 Å². The highest BCUT2D eigenvalue weighted by molar-refractivity contribution is 5.96. The molecule has 1 saturated heterocycles. The molecule has 1 aromatic heterocycles. The first-order valence-corrected chi connectivity index (χ1v) is 6.20. The number of methoxy groups -OCH3 is 1. The molecule has 1 aromatic carbocycles. The van der Waals surface area contributed by atoms with Gasteiger partial charge in [-0.05, 0) is 18.7 Å². The van der Waals surface area contributed by atoms with Gasteiger partial charge in [-0.1, -0.05) is 12.1 Å². The largest absolute Gasteiger partial charge is 0.496 e. The Balaban J connectivity index is 2.03. The van der Waals surface area contributed by atoms with E-state index in [9.17, 15) is 0 Å². The quantitative estimate of drug-likeness (QED) is 0.890. The smallest absolute Gasteiger partial charge is 0.136 e. The lowest BCUT2D eigenvalue weighted by atomic mass is 9.99. The average Bonchev–Trinajstić information content (AvgIpc) is 2.37. The summed E-state index contributed by atoms with van der Waals surface area (Å²) in [5, 5.41) is 2.26. The van der Waals surface area contributed by atoms with Crippen LogP contribution in [0.2, 0.25) is 0 Å². The molecule has 0 atom stereocenters. The van der Waals surface area contributed by atoms with Crippen molar-refractivity contribution in [3.63, 3.8) is 0 Å². The molecule has 0 spiro atoms. The predicted molar refractivity (Wildman–Crippen MR) is 73.1 cm³/mol. The second kappa shape index (κ2) is 4.46. The third kappa shape index (κ3) is 1.69. The fraction of sp³-hybridized carbons (Fsp3) is 0.357. The van der Waals surface area contributed by atoms with Crippen LogP contribution in [0.3, 0.4) is 0 Å². The molecular formula is C14H17N3O. The van der Waals surface area contributed by atoms with Crippen LogP contribution in [0, 0.1) is 5.92 Å². The van der Waals surface area contributed by atoms with E-state index in [0.717, 1.165) is 42.0 Å². The number of ether oxygens (including phenoxy) is 1. The van der Waals surface area contributed by atoms with E-state index in [4.69, 9.17) is 10.5 Å². The van der Waals surface area contributed by atoms with Gasteiger partial charge in [-0.3, -0.25) is 0 Å². The van der Waals surface area contributed by atoms with Crippen molar-refractivity contribution in [3.05, 3.63) is 30.5 Å². The maximum Gasteiger partial charge on any atom is 0.136 e. The minimum atomic E-state index is 0.604. The van der Waals surface area contributed by atoms with E-state index in [1.165, 1.54) is 0 Å². The van der Waals surface area contributed by atoms with E-state index >= 15 is 0 Å². The van der Waals surface area contributed by atoms with Gasteiger partial charge in [0, 0.05) is 36.0 Å². The van der Waals surface area contributed by atoms with Crippen LogP contribution in [0.25, 0.3) is 10.8 Å². The van der Waals surface area contributed by atoms with Crippen LogP contribution in [0.1, 0.15) is 0 Å². The first kappa shape index (κ1) is 11.3. The van der Waals surface area contributed by atoms with Crippen molar-refractivity contribution in [1.82, 2.24) is 4.98 Å². The molecule has 0 aliphatic carbocycles. The van der Waals surface area contributed by atoms with Gasteiger partial charge in [0.1, 0.15) is 11.6 Å². The van der Waals surface area contributed by atoms with Crippen molar-refractivity contribution in [2.45, 2.75) is 0 Å². The molecule has 18 heavy (non-hydrogen) atoms. The zero-order chi connectivity index (χ0) is 12.5. The van der Waals surface area contributed by atoms with Crippen molar-refractivity contribution in [2.24, 2.45) is 11.7 Å². The molecule has 4 nitrogen and oxygen atoms in total. The molecule has 3 rings (SSSR count). The summed E-state index contributed by atoms with van der Waals surface area (Å²) in [5.41, 5.74) is 5.67. The van der Waals surface area contributed by atoms with Crippen molar-refractivity contribution >= 4 is 16.6 Å². The first-order chi connectivity index (χ1) is 8.83. The number of fused-ring (bicyclic) bond motifs is 1. The van der Waals surface area contributed by atoms with E-state index in [-0.39, 0.29) is 0 Å². The number of rotatable bonds is 3. The molecule has 0 amide bonds. The van der Waals surface area contributed by atoms with Crippen LogP contribution < -0.4 is 15.4 Å². The molecule has 94 valence electrons. The zero-order valence-corrected chi connectivity index (χ0v) is 10.5. The van der Waals surface area contributed by atoms with Crippen LogP contribution in [0.4, 0.5) is 5.82 Å². The van der Waals surface area contributed by atoms with E-state index in [2.05, 4.69) is 16.0 Å². The van der Waals surface area contributed by atoms with E-state index < -0.39 is 0 Å². The lowest BCUT2D eigenvalue weighted by Gasteiger charge is -2.40. The summed E-state index contributed by atoms with van der Waals surface area (Å²) in [6.07, 6.45) is 1.84. The summed E-state index contributed by atoms with van der Waals surface area (Å²) in [4.78, 5) is 6.78. The van der Waals surface area contributed by atoms with Crippen molar-refractivity contribution in [3.8, 4) is 5.75 Å². The van der Waals surface area contributed by atoms with Crippen molar-refractivity contribution < 1.29 is 4.74 Å². The second-order valence-electron chi connectivity index (χ2n) is 4.70. The molecule has 0 saturated carbocycles. The minimum absolute atomic E-state index is 0.604. The molecule has 2 N–H and O–H groups in total. The number of pyridine rings is 1. The van der Waals surface area contributed by atoms with Gasteiger partial charge in [-0.15, -0.1) is 0 Å². The monoisotopic (exact) mass is 243 g/mol. The van der Waals surface area contributed by atoms with Crippen LogP contribution in [0.15, 0.2) is 30.5 Å². The zero-order valence-electron chi connectivity index (χ0n) is 10.5. The standard InChI is InChI=1S/C14H17N3O/c1-18-13-4-2-3-12-11(13)5-6-16-14(12)17-8-10(7-15)9-17/h2-6,10H,7-9,15H2,1H3. The van der Waals surface area contributed by atoms with E-state index in [1.54, 1.807) is 7.11 Å². The van der Waals surface area contributed by atoms with Crippen LogP contribution in [-0.2, 0) is 0 Å². The molecule has 2 aromatic rings. The SMILES string of the molecule is COc1cccc2c(N3CC(CN)C3)nccc12. The summed E-state index contributed by atoms with van der Waals surface area (Å²) in [6.45, 7) is 2.75. The molecule has 0 bridgehead atoms. The Kier molecular flexibility index (Phi) is 2.80. The summed E-state index contributed by atoms with van der Waals surface area (Å²) in [7, 11) is 1.70. The van der Waals surface area contributed by atoms with Gasteiger partial charge < -0.3 is 15.4 Å².